The molecule has 196 valence electrons. The summed E-state index contributed by atoms with van der Waals surface area (Å²) < 4.78 is 8.14. The first kappa shape index (κ1) is 24.2. The molecule has 0 saturated carbocycles. The van der Waals surface area contributed by atoms with Gasteiger partial charge in [0.25, 0.3) is 5.56 Å². The van der Waals surface area contributed by atoms with Crippen LogP contribution < -0.4 is 21.9 Å². The summed E-state index contributed by atoms with van der Waals surface area (Å²) in [7, 11) is 1.55. The van der Waals surface area contributed by atoms with Crippen LogP contribution in [0.15, 0.2) is 87.2 Å². The lowest BCUT2D eigenvalue weighted by atomic mass is 10.0. The largest absolute Gasteiger partial charge is 0.456 e. The molecular weight excluding hydrogens is 496 g/mol. The highest BCUT2D eigenvalue weighted by Gasteiger charge is 2.17. The van der Waals surface area contributed by atoms with Crippen LogP contribution in [-0.2, 0) is 24.9 Å². The number of nitrogens with one attached hydrogen (secondary N) is 3. The Balaban J connectivity index is 1.21. The number of carbonyl (C=O) groups excluding carboxylic acids is 1. The van der Waals surface area contributed by atoms with Gasteiger partial charge in [0.1, 0.15) is 23.4 Å². The first-order chi connectivity index (χ1) is 18.9. The lowest BCUT2D eigenvalue weighted by molar-refractivity contribution is -0.122. The molecule has 0 saturated heterocycles. The topological polar surface area (TPSA) is 127 Å². The highest BCUT2D eigenvalue weighted by atomic mass is 16.3. The Morgan fingerprint density at radius 3 is 2.74 bits per heavy atom. The molecule has 10 heteroatoms. The number of H-pyrrole nitrogens is 1. The molecule has 6 aromatic rings. The Bertz CT molecular complexity index is 1950. The molecule has 1 atom stereocenters. The summed E-state index contributed by atoms with van der Waals surface area (Å²) in [5.74, 6) is -0.450. The van der Waals surface area contributed by atoms with E-state index in [2.05, 4.69) is 20.6 Å². The van der Waals surface area contributed by atoms with Gasteiger partial charge in [-0.05, 0) is 42.8 Å². The number of furan rings is 1. The fourth-order valence-electron chi connectivity index (χ4n) is 4.82. The van der Waals surface area contributed by atoms with Gasteiger partial charge in [0, 0.05) is 59.0 Å². The number of fused-ring (bicyclic) bond motifs is 4. The van der Waals surface area contributed by atoms with Gasteiger partial charge in [0.05, 0.1) is 6.54 Å². The standard InChI is InChI=1S/C29H26N6O4/c1-17(18-7-8-26-22(12-18)21-5-3-4-6-25(21)39-26)32-24-15-34(2)29(38)35(28(24)37)16-27(36)31-14-20-11-19-13-30-10-9-23(19)33-20/h3-13,15,17,32-33H,14,16H2,1-2H3,(H,31,36)/t17-/m1/s1. The van der Waals surface area contributed by atoms with E-state index in [1.807, 2.05) is 61.5 Å². The van der Waals surface area contributed by atoms with Gasteiger partial charge in [-0.15, -0.1) is 0 Å². The van der Waals surface area contributed by atoms with Gasteiger partial charge >= 0.3 is 5.69 Å². The van der Waals surface area contributed by atoms with Crippen LogP contribution in [0.4, 0.5) is 5.69 Å². The third kappa shape index (κ3) is 4.56. The second-order valence-corrected chi connectivity index (χ2v) is 9.58. The number of amides is 1. The molecule has 0 aliphatic heterocycles. The monoisotopic (exact) mass is 522 g/mol. The lowest BCUT2D eigenvalue weighted by Gasteiger charge is -2.17. The fraction of sp³-hybridized carbons (Fsp3) is 0.172. The zero-order valence-electron chi connectivity index (χ0n) is 21.4. The van der Waals surface area contributed by atoms with E-state index in [-0.39, 0.29) is 18.3 Å². The molecule has 6 rings (SSSR count). The summed E-state index contributed by atoms with van der Waals surface area (Å²) in [6, 6.07) is 17.2. The number of carbonyl (C=O) groups is 1. The number of rotatable bonds is 7. The Hall–Kier alpha value is -5.12. The van der Waals surface area contributed by atoms with E-state index in [4.69, 9.17) is 4.42 Å². The molecule has 4 aromatic heterocycles. The zero-order valence-corrected chi connectivity index (χ0v) is 21.4. The molecule has 1 amide bonds. The van der Waals surface area contributed by atoms with Crippen molar-refractivity contribution in [2.75, 3.05) is 5.32 Å². The number of aromatic amines is 1. The first-order valence-corrected chi connectivity index (χ1v) is 12.5. The normalized spacial score (nSPS) is 12.3. The molecule has 39 heavy (non-hydrogen) atoms. The number of anilines is 1. The van der Waals surface area contributed by atoms with Gasteiger partial charge in [-0.3, -0.25) is 14.6 Å². The second-order valence-electron chi connectivity index (χ2n) is 9.58. The van der Waals surface area contributed by atoms with Crippen LogP contribution >= 0.6 is 0 Å². The van der Waals surface area contributed by atoms with Crippen molar-refractivity contribution < 1.29 is 9.21 Å². The van der Waals surface area contributed by atoms with Crippen molar-refractivity contribution in [2.45, 2.75) is 26.1 Å². The number of hydrogen-bond donors (Lipinski definition) is 3. The Morgan fingerprint density at radius 2 is 1.90 bits per heavy atom. The van der Waals surface area contributed by atoms with E-state index >= 15 is 0 Å². The summed E-state index contributed by atoms with van der Waals surface area (Å²) in [6.45, 7) is 1.76. The summed E-state index contributed by atoms with van der Waals surface area (Å²) in [4.78, 5) is 46.0. The van der Waals surface area contributed by atoms with Crippen molar-refractivity contribution in [1.82, 2.24) is 24.4 Å². The van der Waals surface area contributed by atoms with Gasteiger partial charge in [0.2, 0.25) is 5.91 Å². The average molecular weight is 523 g/mol. The number of nitrogens with zero attached hydrogens (tertiary/aromatic N) is 3. The molecule has 2 aromatic carbocycles. The van der Waals surface area contributed by atoms with E-state index in [1.54, 1.807) is 19.4 Å². The minimum absolute atomic E-state index is 0.220. The predicted octanol–water partition coefficient (Wildman–Crippen LogP) is 3.81. The fourth-order valence-corrected chi connectivity index (χ4v) is 4.82. The van der Waals surface area contributed by atoms with Crippen molar-refractivity contribution in [3.63, 3.8) is 0 Å². The smallest absolute Gasteiger partial charge is 0.331 e. The van der Waals surface area contributed by atoms with Crippen LogP contribution in [0.25, 0.3) is 32.8 Å². The zero-order chi connectivity index (χ0) is 27.1. The van der Waals surface area contributed by atoms with Gasteiger partial charge in [-0.2, -0.15) is 0 Å². The quantitative estimate of drug-likeness (QED) is 0.293. The second kappa shape index (κ2) is 9.64. The number of aromatic nitrogens is 4. The summed E-state index contributed by atoms with van der Waals surface area (Å²) in [5.41, 5.74) is 3.32. The van der Waals surface area contributed by atoms with Crippen molar-refractivity contribution in [2.24, 2.45) is 7.05 Å². The van der Waals surface area contributed by atoms with Crippen molar-refractivity contribution in [3.05, 3.63) is 105 Å². The van der Waals surface area contributed by atoms with Gasteiger partial charge in [0.15, 0.2) is 0 Å². The number of benzene rings is 2. The van der Waals surface area contributed by atoms with Crippen molar-refractivity contribution in [3.8, 4) is 0 Å². The van der Waals surface area contributed by atoms with Crippen LogP contribution in [0.1, 0.15) is 24.2 Å². The number of pyridine rings is 1. The third-order valence-electron chi connectivity index (χ3n) is 6.86. The Morgan fingerprint density at radius 1 is 1.08 bits per heavy atom. The van der Waals surface area contributed by atoms with Crippen molar-refractivity contribution >= 4 is 44.4 Å². The average Bonchev–Trinajstić information content (AvgIpc) is 3.53. The van der Waals surface area contributed by atoms with Gasteiger partial charge < -0.3 is 24.6 Å². The van der Waals surface area contributed by atoms with Crippen LogP contribution in [0, 0.1) is 0 Å². The van der Waals surface area contributed by atoms with E-state index in [0.717, 1.165) is 48.7 Å². The number of hydrogen-bond acceptors (Lipinski definition) is 6. The van der Waals surface area contributed by atoms with Crippen LogP contribution in [-0.4, -0.2) is 25.0 Å². The predicted molar refractivity (Wildman–Crippen MR) is 150 cm³/mol. The first-order valence-electron chi connectivity index (χ1n) is 12.5. The third-order valence-corrected chi connectivity index (χ3v) is 6.86. The maximum absolute atomic E-state index is 13.3. The number of aryl methyl sites for hydroxylation is 1. The minimum Gasteiger partial charge on any atom is -0.456 e. The maximum Gasteiger partial charge on any atom is 0.331 e. The molecule has 0 aliphatic carbocycles. The SMILES string of the molecule is C[C@@H](Nc1cn(C)c(=O)n(CC(=O)NCc2cc3cnccc3[nH]2)c1=O)c1ccc2oc3ccccc3c2c1. The molecule has 0 spiro atoms. The molecular formula is C29H26N6O4. The highest BCUT2D eigenvalue weighted by Crippen LogP contribution is 2.31. The summed E-state index contributed by atoms with van der Waals surface area (Å²) in [6.07, 6.45) is 4.87. The minimum atomic E-state index is -0.573. The van der Waals surface area contributed by atoms with Crippen LogP contribution in [0.3, 0.4) is 0 Å². The lowest BCUT2D eigenvalue weighted by Crippen LogP contribution is -2.43. The van der Waals surface area contributed by atoms with Crippen molar-refractivity contribution in [1.29, 1.82) is 0 Å². The van der Waals surface area contributed by atoms with E-state index in [1.165, 1.54) is 10.8 Å². The molecule has 0 bridgehead atoms. The highest BCUT2D eigenvalue weighted by molar-refractivity contribution is 6.05. The molecule has 0 unspecified atom stereocenters. The molecule has 3 N–H and O–H groups in total. The van der Waals surface area contributed by atoms with Crippen LogP contribution in [0.2, 0.25) is 0 Å². The van der Waals surface area contributed by atoms with Gasteiger partial charge in [-0.25, -0.2) is 9.36 Å². The van der Waals surface area contributed by atoms with E-state index < -0.39 is 23.7 Å². The van der Waals surface area contributed by atoms with Crippen LogP contribution in [0.5, 0.6) is 0 Å². The van der Waals surface area contributed by atoms with Gasteiger partial charge in [-0.1, -0.05) is 24.3 Å². The molecule has 10 nitrogen and oxygen atoms in total. The Kier molecular flexibility index (Phi) is 5.99. The Labute approximate surface area is 221 Å². The summed E-state index contributed by atoms with van der Waals surface area (Å²) in [5, 5.41) is 8.92. The summed E-state index contributed by atoms with van der Waals surface area (Å²) >= 11 is 0. The van der Waals surface area contributed by atoms with E-state index in [9.17, 15) is 14.4 Å². The number of para-hydroxylation sites is 1. The molecule has 4 heterocycles. The molecule has 0 radical (unpaired) electrons. The maximum atomic E-state index is 13.3. The molecule has 0 aliphatic rings. The molecule has 0 fully saturated rings. The van der Waals surface area contributed by atoms with E-state index in [0.29, 0.717) is 0 Å².